The summed E-state index contributed by atoms with van der Waals surface area (Å²) < 4.78 is 1.17. The molecule has 0 aliphatic carbocycles. The van der Waals surface area contributed by atoms with E-state index in [1.165, 1.54) is 4.43 Å². The van der Waals surface area contributed by atoms with Crippen molar-refractivity contribution in [2.24, 2.45) is 5.92 Å². The van der Waals surface area contributed by atoms with Crippen molar-refractivity contribution in [3.63, 3.8) is 0 Å². The first-order chi connectivity index (χ1) is 2.81. The van der Waals surface area contributed by atoms with Crippen LogP contribution < -0.4 is 0 Å². The van der Waals surface area contributed by atoms with Gasteiger partial charge in [-0.1, -0.05) is 29.5 Å². The first-order valence-electron chi connectivity index (χ1n) is 1.93. The van der Waals surface area contributed by atoms with Crippen LogP contribution in [0.25, 0.3) is 0 Å². The Morgan fingerprint density at radius 2 is 2.33 bits per heavy atom. The van der Waals surface area contributed by atoms with Crippen molar-refractivity contribution in [2.75, 3.05) is 10.3 Å². The van der Waals surface area contributed by atoms with Crippen molar-refractivity contribution < 1.29 is 0 Å². The van der Waals surface area contributed by atoms with Gasteiger partial charge in [-0.25, -0.2) is 0 Å². The standard InChI is InChI=1S/C4H8ClI/c1-4(2-5)3-6/h4H,2-3H2,1H3. The lowest BCUT2D eigenvalue weighted by molar-refractivity contribution is 0.772. The molecule has 1 unspecified atom stereocenters. The maximum Gasteiger partial charge on any atom is 0.0256 e. The van der Waals surface area contributed by atoms with Crippen molar-refractivity contribution in [2.45, 2.75) is 6.92 Å². The lowest BCUT2D eigenvalue weighted by Gasteiger charge is -1.95. The highest BCUT2D eigenvalue weighted by Gasteiger charge is 1.91. The summed E-state index contributed by atoms with van der Waals surface area (Å²) in [7, 11) is 0. The van der Waals surface area contributed by atoms with Gasteiger partial charge in [-0.05, 0) is 5.92 Å². The molecular weight excluding hydrogens is 210 g/mol. The van der Waals surface area contributed by atoms with Crippen LogP contribution in [0, 0.1) is 5.92 Å². The molecule has 0 aromatic rings. The SMILES string of the molecule is CC(CCl)CI. The lowest BCUT2D eigenvalue weighted by Crippen LogP contribution is -1.94. The van der Waals surface area contributed by atoms with Crippen LogP contribution in [0.2, 0.25) is 0 Å². The highest BCUT2D eigenvalue weighted by atomic mass is 127. The van der Waals surface area contributed by atoms with Crippen molar-refractivity contribution in [3.05, 3.63) is 0 Å². The summed E-state index contributed by atoms with van der Waals surface area (Å²) in [6.07, 6.45) is 0. The zero-order valence-electron chi connectivity index (χ0n) is 3.75. The van der Waals surface area contributed by atoms with E-state index in [0.717, 1.165) is 5.88 Å². The fraction of sp³-hybridized carbons (Fsp3) is 1.00. The minimum atomic E-state index is 0.687. The third kappa shape index (κ3) is 3.22. The van der Waals surface area contributed by atoms with Gasteiger partial charge >= 0.3 is 0 Å². The summed E-state index contributed by atoms with van der Waals surface area (Å²) in [6.45, 7) is 2.14. The summed E-state index contributed by atoms with van der Waals surface area (Å²) in [6, 6.07) is 0. The Morgan fingerprint density at radius 3 is 2.33 bits per heavy atom. The molecule has 0 radical (unpaired) electrons. The molecule has 0 spiro atoms. The van der Waals surface area contributed by atoms with E-state index in [2.05, 4.69) is 29.5 Å². The molecule has 1 atom stereocenters. The molecule has 0 aromatic carbocycles. The van der Waals surface area contributed by atoms with Crippen LogP contribution in [-0.4, -0.2) is 10.3 Å². The van der Waals surface area contributed by atoms with Gasteiger partial charge in [0.1, 0.15) is 0 Å². The zero-order valence-corrected chi connectivity index (χ0v) is 6.66. The van der Waals surface area contributed by atoms with E-state index in [-0.39, 0.29) is 0 Å². The largest absolute Gasteiger partial charge is 0.126 e. The molecule has 0 aromatic heterocycles. The molecule has 0 heterocycles. The topological polar surface area (TPSA) is 0 Å². The second-order valence-electron chi connectivity index (χ2n) is 1.41. The van der Waals surface area contributed by atoms with Crippen LogP contribution in [-0.2, 0) is 0 Å². The van der Waals surface area contributed by atoms with E-state index in [1.807, 2.05) is 0 Å². The third-order valence-corrected chi connectivity index (χ3v) is 2.56. The minimum absolute atomic E-state index is 0.687. The molecule has 2 heteroatoms. The van der Waals surface area contributed by atoms with Gasteiger partial charge in [0, 0.05) is 10.3 Å². The number of hydrogen-bond donors (Lipinski definition) is 0. The third-order valence-electron chi connectivity index (χ3n) is 0.527. The summed E-state index contributed by atoms with van der Waals surface area (Å²) in [5, 5.41) is 0. The van der Waals surface area contributed by atoms with E-state index < -0.39 is 0 Å². The number of hydrogen-bond acceptors (Lipinski definition) is 0. The summed E-state index contributed by atoms with van der Waals surface area (Å²) in [5.41, 5.74) is 0. The van der Waals surface area contributed by atoms with Gasteiger partial charge in [0.2, 0.25) is 0 Å². The molecule has 38 valence electrons. The van der Waals surface area contributed by atoms with Gasteiger partial charge in [0.05, 0.1) is 0 Å². The quantitative estimate of drug-likeness (QED) is 0.493. The van der Waals surface area contributed by atoms with Crippen molar-refractivity contribution in [3.8, 4) is 0 Å². The Balaban J connectivity index is 2.75. The van der Waals surface area contributed by atoms with E-state index in [0.29, 0.717) is 5.92 Å². The maximum atomic E-state index is 5.45. The van der Waals surface area contributed by atoms with Gasteiger partial charge in [-0.15, -0.1) is 11.6 Å². The van der Waals surface area contributed by atoms with Gasteiger partial charge in [-0.3, -0.25) is 0 Å². The molecule has 0 nitrogen and oxygen atoms in total. The Hall–Kier alpha value is 1.02. The Bertz CT molecular complexity index is 26.7. The molecular formula is C4H8ClI. The van der Waals surface area contributed by atoms with Crippen LogP contribution in [0.5, 0.6) is 0 Å². The molecule has 0 amide bonds. The molecule has 0 rings (SSSR count). The van der Waals surface area contributed by atoms with Gasteiger partial charge in [-0.2, -0.15) is 0 Å². The molecule has 0 N–H and O–H groups in total. The van der Waals surface area contributed by atoms with Gasteiger partial charge in [0.15, 0.2) is 0 Å². The van der Waals surface area contributed by atoms with E-state index in [9.17, 15) is 0 Å². The van der Waals surface area contributed by atoms with Crippen molar-refractivity contribution in [1.82, 2.24) is 0 Å². The van der Waals surface area contributed by atoms with Crippen molar-refractivity contribution >= 4 is 34.2 Å². The van der Waals surface area contributed by atoms with E-state index >= 15 is 0 Å². The molecule has 0 saturated heterocycles. The fourth-order valence-electron chi connectivity index (χ4n) is 0.0412. The van der Waals surface area contributed by atoms with Crippen LogP contribution in [0.15, 0.2) is 0 Å². The summed E-state index contributed by atoms with van der Waals surface area (Å²) in [5.74, 6) is 1.48. The van der Waals surface area contributed by atoms with Gasteiger partial charge in [0.25, 0.3) is 0 Å². The predicted octanol–water partition coefficient (Wildman–Crippen LogP) is 2.30. The molecule has 0 aliphatic heterocycles. The van der Waals surface area contributed by atoms with E-state index in [1.54, 1.807) is 0 Å². The van der Waals surface area contributed by atoms with Crippen LogP contribution in [0.4, 0.5) is 0 Å². The second-order valence-corrected chi connectivity index (χ2v) is 2.60. The number of alkyl halides is 2. The molecule has 0 fully saturated rings. The highest BCUT2D eigenvalue weighted by Crippen LogP contribution is 2.00. The first-order valence-corrected chi connectivity index (χ1v) is 3.99. The van der Waals surface area contributed by atoms with Crippen LogP contribution >= 0.6 is 34.2 Å². The maximum absolute atomic E-state index is 5.45. The summed E-state index contributed by atoms with van der Waals surface area (Å²) in [4.78, 5) is 0. The molecule has 0 saturated carbocycles. The molecule has 0 aliphatic rings. The molecule has 6 heavy (non-hydrogen) atoms. The van der Waals surface area contributed by atoms with Crippen LogP contribution in [0.1, 0.15) is 6.92 Å². The predicted molar refractivity (Wildman–Crippen MR) is 38.8 cm³/mol. The van der Waals surface area contributed by atoms with Crippen LogP contribution in [0.3, 0.4) is 0 Å². The van der Waals surface area contributed by atoms with Crippen molar-refractivity contribution in [1.29, 1.82) is 0 Å². The highest BCUT2D eigenvalue weighted by molar-refractivity contribution is 14.1. The first kappa shape index (κ1) is 7.02. The number of rotatable bonds is 2. The van der Waals surface area contributed by atoms with Gasteiger partial charge < -0.3 is 0 Å². The monoisotopic (exact) mass is 218 g/mol. The normalized spacial score (nSPS) is 14.5. The average molecular weight is 218 g/mol. The minimum Gasteiger partial charge on any atom is -0.126 e. The Morgan fingerprint density at radius 1 is 1.83 bits per heavy atom. The molecule has 0 bridgehead atoms. The summed E-state index contributed by atoms with van der Waals surface area (Å²) >= 11 is 7.78. The number of halogens is 2. The smallest absolute Gasteiger partial charge is 0.0256 e. The second kappa shape index (κ2) is 4.19. The Labute approximate surface area is 57.4 Å². The Kier molecular flexibility index (Phi) is 4.90. The fourth-order valence-corrected chi connectivity index (χ4v) is 0.830. The zero-order chi connectivity index (χ0) is 4.99. The lowest BCUT2D eigenvalue weighted by atomic mass is 10.3. The van der Waals surface area contributed by atoms with E-state index in [4.69, 9.17) is 11.6 Å². The average Bonchev–Trinajstić information content (AvgIpc) is 1.65.